The average Bonchev–Trinajstić information content (AvgIpc) is 2.78. The van der Waals surface area contributed by atoms with Crippen LogP contribution in [0.3, 0.4) is 0 Å². The van der Waals surface area contributed by atoms with E-state index in [0.29, 0.717) is 12.0 Å². The summed E-state index contributed by atoms with van der Waals surface area (Å²) in [6, 6.07) is 9.42. The van der Waals surface area contributed by atoms with Crippen LogP contribution in [0.5, 0.6) is 0 Å². The van der Waals surface area contributed by atoms with Crippen LogP contribution in [0.25, 0.3) is 0 Å². The van der Waals surface area contributed by atoms with Crippen molar-refractivity contribution in [1.29, 1.82) is 0 Å². The lowest BCUT2D eigenvalue weighted by Gasteiger charge is -2.26. The Morgan fingerprint density at radius 3 is 2.57 bits per heavy atom. The number of aromatic nitrogens is 2. The molecule has 0 amide bonds. The Labute approximate surface area is 127 Å². The normalized spacial score (nSPS) is 17.7. The van der Waals surface area contributed by atoms with Crippen LogP contribution in [0.1, 0.15) is 48.7 Å². The van der Waals surface area contributed by atoms with Gasteiger partial charge in [0, 0.05) is 12.6 Å². The maximum Gasteiger partial charge on any atom is 0.125 e. The minimum atomic E-state index is 0.362. The molecule has 0 radical (unpaired) electrons. The van der Waals surface area contributed by atoms with Gasteiger partial charge >= 0.3 is 0 Å². The number of rotatable bonds is 3. The molecule has 0 spiro atoms. The van der Waals surface area contributed by atoms with Crippen molar-refractivity contribution in [3.8, 4) is 0 Å². The van der Waals surface area contributed by atoms with E-state index in [9.17, 15) is 0 Å². The van der Waals surface area contributed by atoms with Crippen LogP contribution in [0, 0.1) is 19.8 Å². The largest absolute Gasteiger partial charge is 0.370 e. The summed E-state index contributed by atoms with van der Waals surface area (Å²) in [5, 5.41) is 8.35. The molecule has 2 aromatic rings. The zero-order valence-electron chi connectivity index (χ0n) is 13.5. The first kappa shape index (κ1) is 14.2. The summed E-state index contributed by atoms with van der Waals surface area (Å²) in [6.45, 7) is 9.85. The fourth-order valence-corrected chi connectivity index (χ4v) is 3.30. The summed E-state index contributed by atoms with van der Waals surface area (Å²) < 4.78 is 2.19. The monoisotopic (exact) mass is 283 g/mol. The molecule has 0 aliphatic carbocycles. The van der Waals surface area contributed by atoms with E-state index in [0.717, 1.165) is 19.4 Å². The summed E-state index contributed by atoms with van der Waals surface area (Å²) in [4.78, 5) is 0. The number of hydrogen-bond acceptors (Lipinski definition) is 2. The minimum absolute atomic E-state index is 0.362. The van der Waals surface area contributed by atoms with Gasteiger partial charge in [0.2, 0.25) is 0 Å². The molecule has 3 nitrogen and oxygen atoms in total. The number of benzene rings is 1. The molecule has 3 heteroatoms. The van der Waals surface area contributed by atoms with Crippen molar-refractivity contribution in [2.24, 2.45) is 5.92 Å². The SMILES string of the molecule is Cc1cc(C)cc(C2CCNc3cc(CC(C)C)nn32)c1. The zero-order chi connectivity index (χ0) is 15.0. The van der Waals surface area contributed by atoms with Gasteiger partial charge in [-0.2, -0.15) is 5.10 Å². The van der Waals surface area contributed by atoms with Gasteiger partial charge in [0.1, 0.15) is 5.82 Å². The maximum absolute atomic E-state index is 4.86. The highest BCUT2D eigenvalue weighted by Gasteiger charge is 2.23. The molecular weight excluding hydrogens is 258 g/mol. The van der Waals surface area contributed by atoms with Gasteiger partial charge in [0.15, 0.2) is 0 Å². The van der Waals surface area contributed by atoms with Gasteiger partial charge in [-0.3, -0.25) is 0 Å². The molecule has 1 aliphatic rings. The summed E-state index contributed by atoms with van der Waals surface area (Å²) >= 11 is 0. The van der Waals surface area contributed by atoms with Crippen LogP contribution >= 0.6 is 0 Å². The Morgan fingerprint density at radius 1 is 1.19 bits per heavy atom. The second-order valence-electron chi connectivity index (χ2n) is 6.72. The van der Waals surface area contributed by atoms with Crippen LogP contribution < -0.4 is 5.32 Å². The standard InChI is InChI=1S/C18H25N3/c1-12(2)7-16-11-18-19-6-5-17(21(18)20-16)15-9-13(3)8-14(4)10-15/h8-12,17,19H,5-7H2,1-4H3. The predicted molar refractivity (Wildman–Crippen MR) is 87.9 cm³/mol. The van der Waals surface area contributed by atoms with E-state index >= 15 is 0 Å². The van der Waals surface area contributed by atoms with E-state index in [-0.39, 0.29) is 0 Å². The first-order valence-corrected chi connectivity index (χ1v) is 7.93. The molecule has 21 heavy (non-hydrogen) atoms. The number of anilines is 1. The number of aryl methyl sites for hydroxylation is 2. The van der Waals surface area contributed by atoms with Gasteiger partial charge in [-0.05, 0) is 38.2 Å². The molecular formula is C18H25N3. The molecule has 1 aromatic carbocycles. The Morgan fingerprint density at radius 2 is 1.90 bits per heavy atom. The first-order chi connectivity index (χ1) is 10.0. The van der Waals surface area contributed by atoms with Crippen molar-refractivity contribution >= 4 is 5.82 Å². The second-order valence-corrected chi connectivity index (χ2v) is 6.72. The number of fused-ring (bicyclic) bond motifs is 1. The third-order valence-corrected chi connectivity index (χ3v) is 4.05. The highest BCUT2D eigenvalue weighted by atomic mass is 15.4. The zero-order valence-corrected chi connectivity index (χ0v) is 13.5. The number of nitrogens with one attached hydrogen (secondary N) is 1. The summed E-state index contributed by atoms with van der Waals surface area (Å²) in [6.07, 6.45) is 2.14. The third-order valence-electron chi connectivity index (χ3n) is 4.05. The van der Waals surface area contributed by atoms with Crippen LogP contribution in [0.2, 0.25) is 0 Å². The third kappa shape index (κ3) is 2.97. The van der Waals surface area contributed by atoms with E-state index in [1.807, 2.05) is 0 Å². The molecule has 3 rings (SSSR count). The fraction of sp³-hybridized carbons (Fsp3) is 0.500. The lowest BCUT2D eigenvalue weighted by atomic mass is 9.98. The molecule has 2 heterocycles. The van der Waals surface area contributed by atoms with Crippen molar-refractivity contribution in [1.82, 2.24) is 9.78 Å². The van der Waals surface area contributed by atoms with E-state index in [2.05, 4.69) is 62.0 Å². The highest BCUT2D eigenvalue weighted by Crippen LogP contribution is 2.31. The van der Waals surface area contributed by atoms with Crippen molar-refractivity contribution in [3.05, 3.63) is 46.6 Å². The minimum Gasteiger partial charge on any atom is -0.370 e. The predicted octanol–water partition coefficient (Wildman–Crippen LogP) is 4.10. The Kier molecular flexibility index (Phi) is 3.75. The summed E-state index contributed by atoms with van der Waals surface area (Å²) in [5.41, 5.74) is 5.25. The lowest BCUT2D eigenvalue weighted by molar-refractivity contribution is 0.474. The number of nitrogens with zero attached hydrogens (tertiary/aromatic N) is 2. The molecule has 1 aromatic heterocycles. The Bertz CT molecular complexity index is 620. The maximum atomic E-state index is 4.86. The van der Waals surface area contributed by atoms with Crippen molar-refractivity contribution in [2.45, 2.75) is 46.6 Å². The quantitative estimate of drug-likeness (QED) is 0.919. The lowest BCUT2D eigenvalue weighted by Crippen LogP contribution is -2.24. The van der Waals surface area contributed by atoms with Crippen molar-refractivity contribution in [3.63, 3.8) is 0 Å². The molecule has 1 atom stereocenters. The highest BCUT2D eigenvalue weighted by molar-refractivity contribution is 5.42. The van der Waals surface area contributed by atoms with Gasteiger partial charge in [-0.15, -0.1) is 0 Å². The van der Waals surface area contributed by atoms with Gasteiger partial charge in [0.25, 0.3) is 0 Å². The fourth-order valence-electron chi connectivity index (χ4n) is 3.30. The molecule has 0 saturated carbocycles. The van der Waals surface area contributed by atoms with Crippen LogP contribution in [0.4, 0.5) is 5.82 Å². The summed E-state index contributed by atoms with van der Waals surface area (Å²) in [7, 11) is 0. The smallest absolute Gasteiger partial charge is 0.125 e. The molecule has 1 unspecified atom stereocenters. The van der Waals surface area contributed by atoms with Crippen molar-refractivity contribution < 1.29 is 0 Å². The van der Waals surface area contributed by atoms with Gasteiger partial charge in [-0.1, -0.05) is 43.2 Å². The number of hydrogen-bond donors (Lipinski definition) is 1. The van der Waals surface area contributed by atoms with E-state index < -0.39 is 0 Å². The molecule has 0 fully saturated rings. The van der Waals surface area contributed by atoms with Crippen LogP contribution in [-0.2, 0) is 6.42 Å². The molecule has 0 bridgehead atoms. The summed E-state index contributed by atoms with van der Waals surface area (Å²) in [5.74, 6) is 1.81. The molecule has 1 N–H and O–H groups in total. The van der Waals surface area contributed by atoms with Gasteiger partial charge in [0.05, 0.1) is 11.7 Å². The topological polar surface area (TPSA) is 29.9 Å². The molecule has 112 valence electrons. The van der Waals surface area contributed by atoms with Gasteiger partial charge in [-0.25, -0.2) is 4.68 Å². The second kappa shape index (κ2) is 5.55. The van der Waals surface area contributed by atoms with Crippen LogP contribution in [0.15, 0.2) is 24.3 Å². The van der Waals surface area contributed by atoms with Crippen molar-refractivity contribution in [2.75, 3.05) is 11.9 Å². The molecule has 1 aliphatic heterocycles. The van der Waals surface area contributed by atoms with E-state index in [1.54, 1.807) is 0 Å². The van der Waals surface area contributed by atoms with E-state index in [4.69, 9.17) is 5.10 Å². The van der Waals surface area contributed by atoms with E-state index in [1.165, 1.54) is 28.2 Å². The Balaban J connectivity index is 1.97. The first-order valence-electron chi connectivity index (χ1n) is 7.93. The molecule has 0 saturated heterocycles. The Hall–Kier alpha value is -1.77. The van der Waals surface area contributed by atoms with Crippen LogP contribution in [-0.4, -0.2) is 16.3 Å². The van der Waals surface area contributed by atoms with Gasteiger partial charge < -0.3 is 5.32 Å². The average molecular weight is 283 g/mol.